The van der Waals surface area contributed by atoms with Crippen LogP contribution in [-0.2, 0) is 0 Å². The topological polar surface area (TPSA) is 108 Å². The summed E-state index contributed by atoms with van der Waals surface area (Å²) in [6, 6.07) is 6.57. The molecule has 0 aliphatic heterocycles. The van der Waals surface area contributed by atoms with E-state index in [1.807, 2.05) is 6.92 Å². The number of anilines is 1. The van der Waals surface area contributed by atoms with E-state index in [1.165, 1.54) is 24.5 Å². The number of carbonyl (C=O) groups is 1. The summed E-state index contributed by atoms with van der Waals surface area (Å²) in [4.78, 5) is 25.0. The average molecular weight is 454 g/mol. The van der Waals surface area contributed by atoms with Gasteiger partial charge in [0.05, 0.1) is 23.6 Å². The summed E-state index contributed by atoms with van der Waals surface area (Å²) < 4.78 is 28.3. The Bertz CT molecular complexity index is 1130. The van der Waals surface area contributed by atoms with Gasteiger partial charge in [-0.1, -0.05) is 13.0 Å². The van der Waals surface area contributed by atoms with Crippen molar-refractivity contribution in [3.05, 3.63) is 71.8 Å². The molecule has 7 nitrogen and oxygen atoms in total. The van der Waals surface area contributed by atoms with Crippen molar-refractivity contribution in [3.8, 4) is 11.4 Å². The number of hydrogen-bond donors (Lipinski definition) is 3. The Morgan fingerprint density at radius 2 is 1.91 bits per heavy atom. The second-order valence-electron chi connectivity index (χ2n) is 8.34. The van der Waals surface area contributed by atoms with E-state index in [0.29, 0.717) is 12.1 Å². The van der Waals surface area contributed by atoms with Crippen molar-refractivity contribution in [3.63, 3.8) is 0 Å². The molecule has 0 bridgehead atoms. The third kappa shape index (κ3) is 4.74. The number of pyridine rings is 1. The van der Waals surface area contributed by atoms with Gasteiger partial charge < -0.3 is 15.5 Å². The fourth-order valence-electron chi connectivity index (χ4n) is 4.49. The summed E-state index contributed by atoms with van der Waals surface area (Å²) >= 11 is 0. The molecule has 0 spiro atoms. The standard InChI is InChI=1S/C24H24F2N4O3/c1-13-9-14(10-21(32)16(13)12-31)15-5-7-27-11-20(15)30-24(33)19-6-8-28-23(29-19)22-17(25)3-2-4-18(22)26/h2-8,11,13-14,16,21,31-32H,9-10,12H2,1H3,(H,30,33)/t13-,14+,16-,21+/m1/s1. The van der Waals surface area contributed by atoms with E-state index in [0.717, 1.165) is 24.1 Å². The molecule has 1 aromatic carbocycles. The van der Waals surface area contributed by atoms with E-state index in [1.54, 1.807) is 12.3 Å². The van der Waals surface area contributed by atoms with Gasteiger partial charge in [-0.2, -0.15) is 0 Å². The molecule has 3 aromatic rings. The molecule has 4 rings (SSSR count). The predicted molar refractivity (Wildman–Crippen MR) is 117 cm³/mol. The first-order valence-electron chi connectivity index (χ1n) is 10.7. The number of benzene rings is 1. The molecule has 172 valence electrons. The molecule has 0 radical (unpaired) electrons. The quantitative estimate of drug-likeness (QED) is 0.544. The van der Waals surface area contributed by atoms with Crippen LogP contribution in [0.3, 0.4) is 0 Å². The van der Waals surface area contributed by atoms with Crippen molar-refractivity contribution in [2.24, 2.45) is 11.8 Å². The highest BCUT2D eigenvalue weighted by Gasteiger charge is 2.35. The number of nitrogens with zero attached hydrogens (tertiary/aromatic N) is 3. The van der Waals surface area contributed by atoms with Crippen molar-refractivity contribution in [2.75, 3.05) is 11.9 Å². The van der Waals surface area contributed by atoms with Gasteiger partial charge in [0.15, 0.2) is 5.82 Å². The van der Waals surface area contributed by atoms with Crippen LogP contribution < -0.4 is 5.32 Å². The van der Waals surface area contributed by atoms with Crippen LogP contribution in [0.2, 0.25) is 0 Å². The maximum Gasteiger partial charge on any atom is 0.274 e. The molecule has 4 atom stereocenters. The second kappa shape index (κ2) is 9.68. The van der Waals surface area contributed by atoms with Crippen LogP contribution in [0.15, 0.2) is 48.9 Å². The van der Waals surface area contributed by atoms with Crippen molar-refractivity contribution >= 4 is 11.6 Å². The van der Waals surface area contributed by atoms with Crippen LogP contribution in [-0.4, -0.2) is 43.8 Å². The molecule has 33 heavy (non-hydrogen) atoms. The first-order chi connectivity index (χ1) is 15.9. The first-order valence-corrected chi connectivity index (χ1v) is 10.7. The molecule has 1 fully saturated rings. The third-order valence-electron chi connectivity index (χ3n) is 6.24. The highest BCUT2D eigenvalue weighted by atomic mass is 19.1. The lowest BCUT2D eigenvalue weighted by Crippen LogP contribution is -2.37. The van der Waals surface area contributed by atoms with Gasteiger partial charge in [0.25, 0.3) is 5.91 Å². The molecule has 0 unspecified atom stereocenters. The number of halogens is 2. The molecule has 1 saturated carbocycles. The Kier molecular flexibility index (Phi) is 6.71. The second-order valence-corrected chi connectivity index (χ2v) is 8.34. The van der Waals surface area contributed by atoms with Gasteiger partial charge in [-0.05, 0) is 54.5 Å². The van der Waals surface area contributed by atoms with Crippen LogP contribution in [0.4, 0.5) is 14.5 Å². The predicted octanol–water partition coefficient (Wildman–Crippen LogP) is 3.55. The summed E-state index contributed by atoms with van der Waals surface area (Å²) in [6.07, 6.45) is 4.93. The number of rotatable bonds is 5. The Hall–Kier alpha value is -3.30. The van der Waals surface area contributed by atoms with Crippen LogP contribution >= 0.6 is 0 Å². The molecule has 1 amide bonds. The number of nitrogens with one attached hydrogen (secondary N) is 1. The van der Waals surface area contributed by atoms with Crippen LogP contribution in [0, 0.1) is 23.5 Å². The SMILES string of the molecule is C[C@@H]1C[C@H](c2ccncc2NC(=O)c2ccnc(-c3c(F)cccc3F)n2)C[C@H](O)[C@@H]1CO. The Balaban J connectivity index is 1.58. The minimum Gasteiger partial charge on any atom is -0.396 e. The minimum absolute atomic E-state index is 0.0374. The van der Waals surface area contributed by atoms with E-state index in [4.69, 9.17) is 0 Å². The summed E-state index contributed by atoms with van der Waals surface area (Å²) in [6.45, 7) is 1.91. The molecule has 1 aliphatic carbocycles. The number of amides is 1. The number of hydrogen-bond acceptors (Lipinski definition) is 6. The van der Waals surface area contributed by atoms with Gasteiger partial charge >= 0.3 is 0 Å². The fourth-order valence-corrected chi connectivity index (χ4v) is 4.49. The van der Waals surface area contributed by atoms with E-state index in [2.05, 4.69) is 20.3 Å². The molecule has 0 saturated heterocycles. The van der Waals surface area contributed by atoms with Gasteiger partial charge in [-0.3, -0.25) is 9.78 Å². The van der Waals surface area contributed by atoms with Crippen LogP contribution in [0.1, 0.15) is 41.7 Å². The van der Waals surface area contributed by atoms with Gasteiger partial charge in [-0.15, -0.1) is 0 Å². The number of aliphatic hydroxyl groups is 2. The molecule has 2 aromatic heterocycles. The normalized spacial score (nSPS) is 22.7. The van der Waals surface area contributed by atoms with E-state index < -0.39 is 29.2 Å². The lowest BCUT2D eigenvalue weighted by atomic mass is 9.71. The summed E-state index contributed by atoms with van der Waals surface area (Å²) in [5.74, 6) is -2.59. The molecule has 3 N–H and O–H groups in total. The van der Waals surface area contributed by atoms with E-state index in [-0.39, 0.29) is 35.9 Å². The van der Waals surface area contributed by atoms with Gasteiger partial charge in [0.1, 0.15) is 17.3 Å². The summed E-state index contributed by atoms with van der Waals surface area (Å²) in [5, 5.41) is 22.8. The molecule has 9 heteroatoms. The van der Waals surface area contributed by atoms with Gasteiger partial charge in [-0.25, -0.2) is 18.7 Å². The number of carbonyl (C=O) groups excluding carboxylic acids is 1. The van der Waals surface area contributed by atoms with Crippen molar-refractivity contribution in [1.82, 2.24) is 15.0 Å². The summed E-state index contributed by atoms with van der Waals surface area (Å²) in [5.41, 5.74) is 0.814. The number of aliphatic hydroxyl groups excluding tert-OH is 2. The summed E-state index contributed by atoms with van der Waals surface area (Å²) in [7, 11) is 0. The van der Waals surface area contributed by atoms with Crippen LogP contribution in [0.5, 0.6) is 0 Å². The average Bonchev–Trinajstić information content (AvgIpc) is 2.79. The molecular formula is C24H24F2N4O3. The Labute approximate surface area is 189 Å². The van der Waals surface area contributed by atoms with Crippen molar-refractivity contribution < 1.29 is 23.8 Å². The van der Waals surface area contributed by atoms with E-state index >= 15 is 0 Å². The maximum atomic E-state index is 14.1. The molecule has 2 heterocycles. The zero-order valence-electron chi connectivity index (χ0n) is 17.9. The number of aromatic nitrogens is 3. The zero-order chi connectivity index (χ0) is 23.5. The minimum atomic E-state index is -0.826. The monoisotopic (exact) mass is 454 g/mol. The molecule has 1 aliphatic rings. The Morgan fingerprint density at radius 1 is 1.15 bits per heavy atom. The largest absolute Gasteiger partial charge is 0.396 e. The smallest absolute Gasteiger partial charge is 0.274 e. The van der Waals surface area contributed by atoms with Crippen molar-refractivity contribution in [1.29, 1.82) is 0 Å². The lowest BCUT2D eigenvalue weighted by molar-refractivity contribution is -0.00186. The molecular weight excluding hydrogens is 430 g/mol. The zero-order valence-corrected chi connectivity index (χ0v) is 17.9. The Morgan fingerprint density at radius 3 is 2.61 bits per heavy atom. The fraction of sp³-hybridized carbons (Fsp3) is 0.333. The highest BCUT2D eigenvalue weighted by molar-refractivity contribution is 6.03. The first kappa shape index (κ1) is 22.9. The lowest BCUT2D eigenvalue weighted by Gasteiger charge is -2.37. The van der Waals surface area contributed by atoms with E-state index in [9.17, 15) is 23.8 Å². The third-order valence-corrected chi connectivity index (χ3v) is 6.24. The van der Waals surface area contributed by atoms with Gasteiger partial charge in [0, 0.05) is 24.9 Å². The van der Waals surface area contributed by atoms with Crippen LogP contribution in [0.25, 0.3) is 11.4 Å². The highest BCUT2D eigenvalue weighted by Crippen LogP contribution is 2.41. The van der Waals surface area contributed by atoms with Crippen molar-refractivity contribution in [2.45, 2.75) is 31.8 Å². The maximum absolute atomic E-state index is 14.1. The van der Waals surface area contributed by atoms with Gasteiger partial charge in [0.2, 0.25) is 0 Å².